The van der Waals surface area contributed by atoms with E-state index >= 15 is 0 Å². The number of nitrogens with one attached hydrogen (secondary N) is 1. The number of aryl methyl sites for hydroxylation is 3. The van der Waals surface area contributed by atoms with Gasteiger partial charge >= 0.3 is 402 Å². The van der Waals surface area contributed by atoms with Gasteiger partial charge in [-0.15, -0.1) is 18.0 Å². The number of phenolic OH excluding ortho intramolecular Hbond substituents is 1. The fourth-order valence-electron chi connectivity index (χ4n) is 12.9. The molecule has 0 aliphatic heterocycles. The fraction of sp³-hybridized carbons (Fsp3) is 0.411. The summed E-state index contributed by atoms with van der Waals surface area (Å²) in [6.07, 6.45) is -3.17. The molecular weight excluding hydrogens is 2040 g/mol. The van der Waals surface area contributed by atoms with Crippen molar-refractivity contribution in [1.29, 1.82) is 0 Å². The second-order valence-electron chi connectivity index (χ2n) is 38.3. The van der Waals surface area contributed by atoms with Crippen molar-refractivity contribution in [3.05, 3.63) is 321 Å². The Balaban J connectivity index is 0.000000386. The number of hydrogen-bond acceptors (Lipinski definition) is 6. The average Bonchev–Trinajstić information content (AvgIpc) is 0.944. The van der Waals surface area contributed by atoms with Gasteiger partial charge in [0.1, 0.15) is 5.75 Å². The summed E-state index contributed by atoms with van der Waals surface area (Å²) in [5.41, 5.74) is 25.3. The van der Waals surface area contributed by atoms with Crippen molar-refractivity contribution in [2.45, 2.75) is 295 Å². The molecule has 5 N–H and O–H groups in total. The SMILES string of the molecule is CC(C)(C)O.CC(C)(O)C(F)(F)F.CC(C)(O)C(F)(F)F.CC(C)([CH]=[Mo])c1ccccc1.CC(C)c1cccc(C(C)C)c1[NH-].CC(C)c1cccc(C(C)C)c1[N]=[W]=[CH]C(C)(C)c1ccccc1.CC(C)c1cccc(C(C)C)c1[N]=[W]=[CH]C(C)(C)c1ccccc1.CC1=CCC(C)[CH-]1.Cc1ccc(C)[n-]1.Cc1cccc2cccc(-c3cccc4cccc(O)c34)c12. The first-order chi connectivity index (χ1) is 59.7. The molecule has 1 atom stereocenters. The predicted octanol–water partition coefficient (Wildman–Crippen LogP) is 32.7. The van der Waals surface area contributed by atoms with E-state index in [0.29, 0.717) is 69.0 Å². The van der Waals surface area contributed by atoms with Crippen LogP contribution in [-0.4, -0.2) is 62.8 Å². The number of aromatic nitrogens is 1. The number of halogens is 6. The van der Waals surface area contributed by atoms with E-state index in [1.54, 1.807) is 26.8 Å². The predicted molar refractivity (Wildman–Crippen MR) is 530 cm³/mol. The van der Waals surface area contributed by atoms with Crippen LogP contribution in [0.15, 0.2) is 249 Å². The van der Waals surface area contributed by atoms with E-state index in [4.69, 9.17) is 28.0 Å². The number of allylic oxidation sites excluding steroid dienone is 2. The van der Waals surface area contributed by atoms with Crippen LogP contribution in [0.3, 0.4) is 0 Å². The summed E-state index contributed by atoms with van der Waals surface area (Å²) in [4.78, 5) is 4.11. The zero-order chi connectivity index (χ0) is 98.0. The molecule has 0 saturated heterocycles. The molecule has 1 aliphatic rings. The number of fused-ring (bicyclic) bond motifs is 2. The number of benzene rings is 10. The summed E-state index contributed by atoms with van der Waals surface area (Å²) < 4.78 is 85.4. The van der Waals surface area contributed by atoms with E-state index in [2.05, 4.69) is 364 Å². The van der Waals surface area contributed by atoms with Crippen LogP contribution < -0.4 is 4.98 Å². The quantitative estimate of drug-likeness (QED) is 0.0459. The average molecular weight is 2190 g/mol. The molecular formula is C112H147F6MoN4O4W2-3. The van der Waals surface area contributed by atoms with Crippen molar-refractivity contribution in [2.24, 2.45) is 12.9 Å². The van der Waals surface area contributed by atoms with Gasteiger partial charge in [0.15, 0.2) is 11.2 Å². The number of alkyl halides is 6. The normalized spacial score (nSPS) is 12.7. The van der Waals surface area contributed by atoms with Gasteiger partial charge in [-0.05, 0) is 106 Å². The molecule has 8 nitrogen and oxygen atoms in total. The Morgan fingerprint density at radius 2 is 0.682 bits per heavy atom. The van der Waals surface area contributed by atoms with E-state index in [9.17, 15) is 31.4 Å². The molecule has 702 valence electrons. The van der Waals surface area contributed by atoms with Gasteiger partial charge in [0.2, 0.25) is 0 Å². The molecule has 17 heteroatoms. The zero-order valence-corrected chi connectivity index (χ0v) is 90.1. The van der Waals surface area contributed by atoms with Gasteiger partial charge in [0.05, 0.1) is 5.60 Å². The third kappa shape index (κ3) is 39.7. The van der Waals surface area contributed by atoms with Gasteiger partial charge in [0, 0.05) is 5.39 Å². The van der Waals surface area contributed by atoms with Crippen LogP contribution in [0.25, 0.3) is 38.4 Å². The summed E-state index contributed by atoms with van der Waals surface area (Å²) in [6, 6.07) is 80.2. The molecule has 1 aromatic heterocycles. The molecule has 0 amide bonds. The van der Waals surface area contributed by atoms with Crippen molar-refractivity contribution < 1.29 is 102 Å². The van der Waals surface area contributed by atoms with E-state index in [-0.39, 0.29) is 16.2 Å². The van der Waals surface area contributed by atoms with Crippen molar-refractivity contribution >= 4 is 51.8 Å². The Hall–Kier alpha value is -8.06. The minimum atomic E-state index is -4.51. The van der Waals surface area contributed by atoms with E-state index in [1.807, 2.05) is 69.6 Å². The van der Waals surface area contributed by atoms with Crippen LogP contribution in [0.4, 0.5) is 43.4 Å². The van der Waals surface area contributed by atoms with E-state index in [0.717, 1.165) is 50.5 Å². The van der Waals surface area contributed by atoms with Gasteiger partial charge in [-0.25, -0.2) is 18.1 Å². The first-order valence-electron chi connectivity index (χ1n) is 44.4. The molecule has 0 bridgehead atoms. The molecule has 1 unspecified atom stereocenters. The van der Waals surface area contributed by atoms with Crippen LogP contribution in [0.2, 0.25) is 0 Å². The van der Waals surface area contributed by atoms with Crippen LogP contribution in [0.5, 0.6) is 5.75 Å². The second kappa shape index (κ2) is 53.0. The summed E-state index contributed by atoms with van der Waals surface area (Å²) >= 11 is 0.199. The minimum absolute atomic E-state index is 0.0974. The largest absolute Gasteiger partial charge is 0.665 e. The summed E-state index contributed by atoms with van der Waals surface area (Å²) in [5.74, 6) is 4.11. The monoisotopic (exact) mass is 2190 g/mol. The Morgan fingerprint density at radius 3 is 0.946 bits per heavy atom. The van der Waals surface area contributed by atoms with E-state index < -0.39 is 65.0 Å². The van der Waals surface area contributed by atoms with E-state index in [1.165, 1.54) is 84.2 Å². The van der Waals surface area contributed by atoms with Crippen molar-refractivity contribution in [3.63, 3.8) is 0 Å². The molecule has 11 aromatic rings. The summed E-state index contributed by atoms with van der Waals surface area (Å²) in [5, 5.41) is 39.8. The Kier molecular flexibility index (Phi) is 47.3. The maximum absolute atomic E-state index is 11.3. The van der Waals surface area contributed by atoms with Gasteiger partial charge < -0.3 is 31.1 Å². The number of rotatable bonds is 15. The molecule has 0 spiro atoms. The van der Waals surface area contributed by atoms with Crippen LogP contribution in [0, 0.1) is 33.1 Å². The van der Waals surface area contributed by atoms with Gasteiger partial charge in [-0.3, -0.25) is 0 Å². The van der Waals surface area contributed by atoms with Gasteiger partial charge in [0.25, 0.3) is 0 Å². The van der Waals surface area contributed by atoms with Crippen LogP contribution in [0.1, 0.15) is 296 Å². The topological polar surface area (TPSA) is 144 Å². The third-order valence-corrected chi connectivity index (χ3v) is 29.3. The fourth-order valence-corrected chi connectivity index (χ4v) is 18.7. The second-order valence-corrected chi connectivity index (χ2v) is 43.4. The maximum atomic E-state index is 11.3. The molecule has 129 heavy (non-hydrogen) atoms. The number of aromatic hydroxyl groups is 1. The minimum Gasteiger partial charge on any atom is -0.665 e. The summed E-state index contributed by atoms with van der Waals surface area (Å²) in [7, 11) is 0. The molecule has 0 fully saturated rings. The smallest absolute Gasteiger partial charge is 0.124 e. The third-order valence-electron chi connectivity index (χ3n) is 20.8. The van der Waals surface area contributed by atoms with Crippen molar-refractivity contribution in [3.8, 4) is 16.9 Å². The van der Waals surface area contributed by atoms with Gasteiger partial charge in [-0.2, -0.15) is 37.7 Å². The van der Waals surface area contributed by atoms with Crippen molar-refractivity contribution in [2.75, 3.05) is 0 Å². The van der Waals surface area contributed by atoms with Crippen LogP contribution in [-0.2, 0) is 71.4 Å². The molecule has 1 aliphatic carbocycles. The Morgan fingerprint density at radius 1 is 0.403 bits per heavy atom. The Labute approximate surface area is 798 Å². The van der Waals surface area contributed by atoms with Crippen molar-refractivity contribution in [1.82, 2.24) is 4.98 Å². The first-order valence-corrected chi connectivity index (χ1v) is 51.6. The number of hydrogen-bond donors (Lipinski definition) is 4. The molecule has 0 radical (unpaired) electrons. The standard InChI is InChI=1S/C21H16O.C12H18N.2C12H17N.3C10H12.C7H11.C6H8N.2C4H7F3O.C4H10O.Mo.2W/c1-14-6-2-7-15-8-3-11-17(20(14)15)18-12-4-9-16-10-5-13-19(22)21(16)18;3*1-8(2)10-6-5-7-11(9(3)4)12(10)13;3*1-10(2,3)9-7-5-4-6-8-9;1-6-3-4-7(2)5-6;1-5-3-4-6(2)7-5;2*1-3(2,8)4(5,6)7;1-4(2,3)5;;;/h2-13,22H,1H3;5-9,13H,1-4H3;2*5-9H,1-4H3;3*1,4-8H,2-3H3;3,5,7H,4H2,1-2H3;3-4H,1-2H3;2*8H,1-2H3;5H,1-3H3;;;/q;-1;;;;;;2*-1;;;;;;. The zero-order valence-electron chi connectivity index (χ0n) is 82.2. The van der Waals surface area contributed by atoms with Gasteiger partial charge in [-0.1, -0.05) is 164 Å². The summed E-state index contributed by atoms with van der Waals surface area (Å²) in [6.45, 7) is 58.9. The van der Waals surface area contributed by atoms with Crippen LogP contribution >= 0.6 is 0 Å². The number of phenols is 1. The maximum Gasteiger partial charge on any atom is 0.124 e. The molecule has 1 heterocycles. The number of aliphatic hydroxyl groups is 3. The first kappa shape index (κ1) is 115. The Bertz CT molecular complexity index is 5030. The number of nitrogens with zero attached hydrogens (tertiary/aromatic N) is 3. The molecule has 0 saturated carbocycles. The molecule has 10 aromatic carbocycles. The molecule has 12 rings (SSSR count).